The van der Waals surface area contributed by atoms with E-state index in [2.05, 4.69) is 41.4 Å². The van der Waals surface area contributed by atoms with Crippen molar-refractivity contribution < 1.29 is 4.79 Å². The maximum Gasteiger partial charge on any atom is 0.268 e. The topological polar surface area (TPSA) is 69.8 Å². The van der Waals surface area contributed by atoms with Crippen molar-refractivity contribution in [3.05, 3.63) is 24.0 Å². The number of aromatic nitrogens is 2. The number of fused-ring (bicyclic) bond motifs is 1. The Morgan fingerprint density at radius 2 is 2.22 bits per heavy atom. The van der Waals surface area contributed by atoms with Gasteiger partial charge in [0.15, 0.2) is 0 Å². The Kier molecular flexibility index (Phi) is 4.04. The average Bonchev–Trinajstić information content (AvgIpc) is 2.93. The Bertz CT molecular complexity index is 719. The molecule has 2 atom stereocenters. The van der Waals surface area contributed by atoms with Crippen LogP contribution in [0.2, 0.25) is 0 Å². The van der Waals surface area contributed by atoms with E-state index in [1.54, 1.807) is 6.20 Å². The lowest BCUT2D eigenvalue weighted by atomic mass is 9.70. The van der Waals surface area contributed by atoms with Gasteiger partial charge in [0, 0.05) is 30.4 Å². The van der Waals surface area contributed by atoms with Crippen LogP contribution in [0.1, 0.15) is 50.5 Å². The number of hydrogen-bond acceptors (Lipinski definition) is 3. The third kappa shape index (κ3) is 3.19. The molecule has 0 bridgehead atoms. The Labute approximate surface area is 137 Å². The van der Waals surface area contributed by atoms with Gasteiger partial charge in [-0.15, -0.1) is 0 Å². The van der Waals surface area contributed by atoms with Gasteiger partial charge in [-0.25, -0.2) is 4.98 Å². The third-order valence-corrected chi connectivity index (χ3v) is 5.06. The van der Waals surface area contributed by atoms with Crippen LogP contribution in [0.5, 0.6) is 0 Å². The second-order valence-electron chi connectivity index (χ2n) is 7.52. The molecule has 1 saturated carbocycles. The summed E-state index contributed by atoms with van der Waals surface area (Å²) in [6, 6.07) is 4.03. The molecule has 0 radical (unpaired) electrons. The van der Waals surface area contributed by atoms with Crippen molar-refractivity contribution in [1.29, 1.82) is 0 Å². The number of carbonyl (C=O) groups is 1. The van der Waals surface area contributed by atoms with Gasteiger partial charge in [0.05, 0.1) is 0 Å². The number of H-pyrrole nitrogens is 1. The van der Waals surface area contributed by atoms with Gasteiger partial charge in [-0.3, -0.25) is 4.79 Å². The SMILES string of the molecule is CNc1ccnc2[nH]c(C(=O)N[C@H]3CCC(C)(C)CC3C)cc12. The Morgan fingerprint density at radius 1 is 1.43 bits per heavy atom. The van der Waals surface area contributed by atoms with E-state index in [4.69, 9.17) is 0 Å². The molecule has 5 nitrogen and oxygen atoms in total. The maximum absolute atomic E-state index is 12.6. The molecule has 2 aromatic heterocycles. The fourth-order valence-corrected chi connectivity index (χ4v) is 3.77. The highest BCUT2D eigenvalue weighted by atomic mass is 16.1. The summed E-state index contributed by atoms with van der Waals surface area (Å²) in [6.45, 7) is 6.85. The second-order valence-corrected chi connectivity index (χ2v) is 7.52. The van der Waals surface area contributed by atoms with Crippen LogP contribution in [0.3, 0.4) is 0 Å². The van der Waals surface area contributed by atoms with E-state index in [1.807, 2.05) is 19.2 Å². The first-order valence-electron chi connectivity index (χ1n) is 8.36. The summed E-state index contributed by atoms with van der Waals surface area (Å²) in [4.78, 5) is 20.0. The van der Waals surface area contributed by atoms with Crippen molar-refractivity contribution in [3.8, 4) is 0 Å². The van der Waals surface area contributed by atoms with Crippen molar-refractivity contribution in [2.24, 2.45) is 11.3 Å². The number of rotatable bonds is 3. The average molecular weight is 314 g/mol. The van der Waals surface area contributed by atoms with Crippen molar-refractivity contribution in [2.75, 3.05) is 12.4 Å². The summed E-state index contributed by atoms with van der Waals surface area (Å²) in [7, 11) is 1.87. The van der Waals surface area contributed by atoms with Crippen molar-refractivity contribution >= 4 is 22.6 Å². The molecule has 1 aliphatic carbocycles. The van der Waals surface area contributed by atoms with E-state index in [0.29, 0.717) is 17.0 Å². The zero-order valence-electron chi connectivity index (χ0n) is 14.4. The number of nitrogens with one attached hydrogen (secondary N) is 3. The summed E-state index contributed by atoms with van der Waals surface area (Å²) in [6.07, 6.45) is 5.08. The number of amides is 1. The van der Waals surface area contributed by atoms with Gasteiger partial charge >= 0.3 is 0 Å². The summed E-state index contributed by atoms with van der Waals surface area (Å²) in [5.41, 5.74) is 2.66. The number of carbonyl (C=O) groups excluding carboxylic acids is 1. The normalized spacial score (nSPS) is 23.7. The van der Waals surface area contributed by atoms with Gasteiger partial charge in [-0.1, -0.05) is 20.8 Å². The third-order valence-electron chi connectivity index (χ3n) is 5.06. The Hall–Kier alpha value is -2.04. The maximum atomic E-state index is 12.6. The zero-order chi connectivity index (χ0) is 16.6. The van der Waals surface area contributed by atoms with Crippen molar-refractivity contribution in [2.45, 2.75) is 46.1 Å². The molecule has 2 heterocycles. The van der Waals surface area contributed by atoms with Gasteiger partial charge in [-0.2, -0.15) is 0 Å². The minimum atomic E-state index is -0.0402. The van der Waals surface area contributed by atoms with Crippen LogP contribution < -0.4 is 10.6 Å². The van der Waals surface area contributed by atoms with E-state index in [0.717, 1.165) is 36.0 Å². The molecule has 0 saturated heterocycles. The molecular formula is C18H26N4O. The predicted octanol–water partition coefficient (Wildman–Crippen LogP) is 3.55. The summed E-state index contributed by atoms with van der Waals surface area (Å²) < 4.78 is 0. The van der Waals surface area contributed by atoms with Crippen molar-refractivity contribution in [1.82, 2.24) is 15.3 Å². The first kappa shape index (κ1) is 15.8. The van der Waals surface area contributed by atoms with Gasteiger partial charge in [0.2, 0.25) is 0 Å². The molecule has 1 fully saturated rings. The predicted molar refractivity (Wildman–Crippen MR) is 93.7 cm³/mol. The second kappa shape index (κ2) is 5.87. The molecule has 0 aromatic carbocycles. The van der Waals surface area contributed by atoms with Crippen LogP contribution >= 0.6 is 0 Å². The molecule has 124 valence electrons. The quantitative estimate of drug-likeness (QED) is 0.811. The fourth-order valence-electron chi connectivity index (χ4n) is 3.77. The first-order chi connectivity index (χ1) is 10.9. The largest absolute Gasteiger partial charge is 0.387 e. The van der Waals surface area contributed by atoms with Gasteiger partial charge in [-0.05, 0) is 42.7 Å². The van der Waals surface area contributed by atoms with Gasteiger partial charge < -0.3 is 15.6 Å². The number of pyridine rings is 1. The molecule has 0 spiro atoms. The van der Waals surface area contributed by atoms with Crippen LogP contribution in [-0.4, -0.2) is 29.0 Å². The molecule has 3 rings (SSSR count). The minimum absolute atomic E-state index is 0.0402. The number of anilines is 1. The highest BCUT2D eigenvalue weighted by Gasteiger charge is 2.33. The minimum Gasteiger partial charge on any atom is -0.387 e. The molecule has 23 heavy (non-hydrogen) atoms. The number of hydrogen-bond donors (Lipinski definition) is 3. The van der Waals surface area contributed by atoms with E-state index in [-0.39, 0.29) is 11.9 Å². The highest BCUT2D eigenvalue weighted by Crippen LogP contribution is 2.38. The zero-order valence-corrected chi connectivity index (χ0v) is 14.4. The summed E-state index contributed by atoms with van der Waals surface area (Å²) in [5, 5.41) is 7.27. The van der Waals surface area contributed by atoms with Crippen LogP contribution in [0.15, 0.2) is 18.3 Å². The summed E-state index contributed by atoms with van der Waals surface area (Å²) in [5.74, 6) is 0.458. The molecule has 2 aromatic rings. The van der Waals surface area contributed by atoms with Crippen LogP contribution in [0.25, 0.3) is 11.0 Å². The van der Waals surface area contributed by atoms with Crippen LogP contribution in [0, 0.1) is 11.3 Å². The lowest BCUT2D eigenvalue weighted by Crippen LogP contribution is -2.44. The van der Waals surface area contributed by atoms with E-state index in [9.17, 15) is 4.79 Å². The van der Waals surface area contributed by atoms with Crippen molar-refractivity contribution in [3.63, 3.8) is 0 Å². The fraction of sp³-hybridized carbons (Fsp3) is 0.556. The number of aromatic amines is 1. The van der Waals surface area contributed by atoms with Gasteiger partial charge in [0.1, 0.15) is 11.3 Å². The molecule has 1 unspecified atom stereocenters. The molecule has 0 aliphatic heterocycles. The first-order valence-corrected chi connectivity index (χ1v) is 8.36. The van der Waals surface area contributed by atoms with E-state index >= 15 is 0 Å². The molecule has 3 N–H and O–H groups in total. The van der Waals surface area contributed by atoms with Gasteiger partial charge in [0.25, 0.3) is 5.91 Å². The lowest BCUT2D eigenvalue weighted by Gasteiger charge is -2.39. The molecular weight excluding hydrogens is 288 g/mol. The molecule has 1 amide bonds. The van der Waals surface area contributed by atoms with Crippen LogP contribution in [0.4, 0.5) is 5.69 Å². The standard InChI is InChI=1S/C18H26N4O/c1-11-10-18(2,3)7-5-13(11)22-17(23)15-9-12-14(19-4)6-8-20-16(12)21-15/h6,8-9,11,13H,5,7,10H2,1-4H3,(H,22,23)(H2,19,20,21)/t11?,13-/m0/s1. The van der Waals surface area contributed by atoms with E-state index < -0.39 is 0 Å². The monoisotopic (exact) mass is 314 g/mol. The molecule has 5 heteroatoms. The lowest BCUT2D eigenvalue weighted by molar-refractivity contribution is 0.0857. The van der Waals surface area contributed by atoms with E-state index in [1.165, 1.54) is 0 Å². The highest BCUT2D eigenvalue weighted by molar-refractivity contribution is 6.00. The Morgan fingerprint density at radius 3 is 2.91 bits per heavy atom. The number of nitrogens with zero attached hydrogens (tertiary/aromatic N) is 1. The van der Waals surface area contributed by atoms with Crippen LogP contribution in [-0.2, 0) is 0 Å². The molecule has 1 aliphatic rings. The smallest absolute Gasteiger partial charge is 0.268 e. The Balaban J connectivity index is 1.76. The summed E-state index contributed by atoms with van der Waals surface area (Å²) >= 11 is 0.